The molecule has 0 radical (unpaired) electrons. The minimum atomic E-state index is -0.0948. The van der Waals surface area contributed by atoms with Gasteiger partial charge in [-0.1, -0.05) is 29.8 Å². The highest BCUT2D eigenvalue weighted by molar-refractivity contribution is 6.31. The van der Waals surface area contributed by atoms with Gasteiger partial charge in [0.25, 0.3) is 0 Å². The molecule has 1 N–H and O–H groups in total. The summed E-state index contributed by atoms with van der Waals surface area (Å²) in [5.41, 5.74) is 2.79. The molecule has 1 aliphatic rings. The van der Waals surface area contributed by atoms with Crippen molar-refractivity contribution >= 4 is 29.0 Å². The number of rotatable bonds is 4. The Morgan fingerprint density at radius 1 is 1.15 bits per heavy atom. The Morgan fingerprint density at radius 3 is 2.58 bits per heavy atom. The minimum absolute atomic E-state index is 0.0948. The Kier molecular flexibility index (Phi) is 5.89. The number of halogens is 1. The maximum Gasteiger partial charge on any atom is 0.321 e. The van der Waals surface area contributed by atoms with Crippen molar-refractivity contribution in [3.63, 3.8) is 0 Å². The highest BCUT2D eigenvalue weighted by atomic mass is 35.5. The van der Waals surface area contributed by atoms with Crippen LogP contribution in [0.25, 0.3) is 0 Å². The molecule has 0 atom stereocenters. The van der Waals surface area contributed by atoms with Crippen molar-refractivity contribution in [2.24, 2.45) is 0 Å². The van der Waals surface area contributed by atoms with Crippen LogP contribution in [0.3, 0.4) is 0 Å². The number of piperazine rings is 1. The number of carbonyl (C=O) groups excluding carboxylic acids is 1. The van der Waals surface area contributed by atoms with Gasteiger partial charge in [0.1, 0.15) is 5.75 Å². The van der Waals surface area contributed by atoms with Gasteiger partial charge in [0.05, 0.1) is 12.3 Å². The molecule has 3 rings (SSSR count). The van der Waals surface area contributed by atoms with Crippen LogP contribution in [-0.2, 0) is 0 Å². The SMILES string of the molecule is CCOc1ccccc1N1CCN(C(=O)Nc2ccc(C)c(Cl)c2)CC1. The molecule has 0 saturated carbocycles. The van der Waals surface area contributed by atoms with Crippen molar-refractivity contribution in [3.05, 3.63) is 53.1 Å². The van der Waals surface area contributed by atoms with E-state index in [1.165, 1.54) is 0 Å². The second-order valence-corrected chi connectivity index (χ2v) is 6.68. The van der Waals surface area contributed by atoms with Crippen LogP contribution in [0.15, 0.2) is 42.5 Å². The summed E-state index contributed by atoms with van der Waals surface area (Å²) in [5.74, 6) is 0.891. The molecule has 2 aromatic carbocycles. The summed E-state index contributed by atoms with van der Waals surface area (Å²) in [7, 11) is 0. The normalized spacial score (nSPS) is 14.3. The van der Waals surface area contributed by atoms with Crippen LogP contribution in [0.5, 0.6) is 5.75 Å². The second kappa shape index (κ2) is 8.32. The lowest BCUT2D eigenvalue weighted by Gasteiger charge is -2.36. The molecule has 2 amide bonds. The molecule has 0 bridgehead atoms. The Morgan fingerprint density at radius 2 is 1.88 bits per heavy atom. The Hall–Kier alpha value is -2.40. The highest BCUT2D eigenvalue weighted by Crippen LogP contribution is 2.29. The zero-order valence-electron chi connectivity index (χ0n) is 15.2. The predicted molar refractivity (Wildman–Crippen MR) is 107 cm³/mol. The maximum atomic E-state index is 12.5. The van der Waals surface area contributed by atoms with E-state index < -0.39 is 0 Å². The van der Waals surface area contributed by atoms with Crippen LogP contribution in [0.4, 0.5) is 16.2 Å². The Balaban J connectivity index is 1.59. The zero-order valence-corrected chi connectivity index (χ0v) is 15.9. The highest BCUT2D eigenvalue weighted by Gasteiger charge is 2.23. The van der Waals surface area contributed by atoms with E-state index in [2.05, 4.69) is 16.3 Å². The van der Waals surface area contributed by atoms with Crippen molar-refractivity contribution in [1.29, 1.82) is 0 Å². The van der Waals surface area contributed by atoms with Gasteiger partial charge in [-0.25, -0.2) is 4.79 Å². The van der Waals surface area contributed by atoms with Crippen molar-refractivity contribution < 1.29 is 9.53 Å². The fourth-order valence-corrected chi connectivity index (χ4v) is 3.20. The van der Waals surface area contributed by atoms with Gasteiger partial charge in [-0.15, -0.1) is 0 Å². The van der Waals surface area contributed by atoms with E-state index in [4.69, 9.17) is 16.3 Å². The molecular formula is C20H24ClN3O2. The first-order valence-corrected chi connectivity index (χ1v) is 9.25. The third-order valence-corrected chi connectivity index (χ3v) is 4.90. The molecule has 138 valence electrons. The van der Waals surface area contributed by atoms with Crippen molar-refractivity contribution in [2.75, 3.05) is 43.0 Å². The molecule has 6 heteroatoms. The topological polar surface area (TPSA) is 44.8 Å². The molecule has 0 aliphatic carbocycles. The van der Waals surface area contributed by atoms with Gasteiger partial charge in [-0.05, 0) is 43.7 Å². The van der Waals surface area contributed by atoms with E-state index in [0.29, 0.717) is 24.7 Å². The summed E-state index contributed by atoms with van der Waals surface area (Å²) in [4.78, 5) is 16.6. The quantitative estimate of drug-likeness (QED) is 0.863. The fourth-order valence-electron chi connectivity index (χ4n) is 3.02. The lowest BCUT2D eigenvalue weighted by atomic mass is 10.2. The maximum absolute atomic E-state index is 12.5. The average molecular weight is 374 g/mol. The standard InChI is InChI=1S/C20H24ClN3O2/c1-3-26-19-7-5-4-6-18(19)23-10-12-24(13-11-23)20(25)22-16-9-8-15(2)17(21)14-16/h4-9,14H,3,10-13H2,1-2H3,(H,22,25). The summed E-state index contributed by atoms with van der Waals surface area (Å²) in [6.07, 6.45) is 0. The molecule has 0 aromatic heterocycles. The van der Waals surface area contributed by atoms with Crippen molar-refractivity contribution in [1.82, 2.24) is 4.90 Å². The molecule has 0 unspecified atom stereocenters. The van der Waals surface area contributed by atoms with Crippen LogP contribution in [0, 0.1) is 6.92 Å². The van der Waals surface area contributed by atoms with Gasteiger partial charge < -0.3 is 19.9 Å². The van der Waals surface area contributed by atoms with Crippen LogP contribution in [-0.4, -0.2) is 43.7 Å². The number of hydrogen-bond acceptors (Lipinski definition) is 3. The molecule has 0 spiro atoms. The van der Waals surface area contributed by atoms with E-state index in [-0.39, 0.29) is 6.03 Å². The van der Waals surface area contributed by atoms with Crippen LogP contribution in [0.2, 0.25) is 5.02 Å². The number of urea groups is 1. The third kappa shape index (κ3) is 4.22. The van der Waals surface area contributed by atoms with Gasteiger partial charge in [-0.3, -0.25) is 0 Å². The lowest BCUT2D eigenvalue weighted by Crippen LogP contribution is -2.50. The zero-order chi connectivity index (χ0) is 18.5. The molecular weight excluding hydrogens is 350 g/mol. The average Bonchev–Trinajstić information content (AvgIpc) is 2.66. The number of para-hydroxylation sites is 2. The third-order valence-electron chi connectivity index (χ3n) is 4.50. The number of nitrogens with one attached hydrogen (secondary N) is 1. The van der Waals surface area contributed by atoms with Gasteiger partial charge in [0, 0.05) is 36.9 Å². The summed E-state index contributed by atoms with van der Waals surface area (Å²) in [5, 5.41) is 3.58. The first-order valence-electron chi connectivity index (χ1n) is 8.87. The smallest absolute Gasteiger partial charge is 0.321 e. The number of benzene rings is 2. The molecule has 1 aliphatic heterocycles. The lowest BCUT2D eigenvalue weighted by molar-refractivity contribution is 0.208. The number of anilines is 2. The van der Waals surface area contributed by atoms with E-state index in [9.17, 15) is 4.79 Å². The Labute approximate surface area is 159 Å². The predicted octanol–water partition coefficient (Wildman–Crippen LogP) is 4.40. The van der Waals surface area contributed by atoms with E-state index in [0.717, 1.165) is 35.8 Å². The van der Waals surface area contributed by atoms with Gasteiger partial charge >= 0.3 is 6.03 Å². The Bertz CT molecular complexity index is 773. The van der Waals surface area contributed by atoms with Gasteiger partial charge in [0.15, 0.2) is 0 Å². The monoisotopic (exact) mass is 373 g/mol. The van der Waals surface area contributed by atoms with Crippen molar-refractivity contribution in [3.8, 4) is 5.75 Å². The largest absolute Gasteiger partial charge is 0.492 e. The second-order valence-electron chi connectivity index (χ2n) is 6.27. The summed E-state index contributed by atoms with van der Waals surface area (Å²) in [6.45, 7) is 7.41. The molecule has 1 heterocycles. The van der Waals surface area contributed by atoms with Gasteiger partial charge in [-0.2, -0.15) is 0 Å². The van der Waals surface area contributed by atoms with Crippen LogP contribution >= 0.6 is 11.6 Å². The number of nitrogens with zero attached hydrogens (tertiary/aromatic N) is 2. The molecule has 1 fully saturated rings. The first-order chi connectivity index (χ1) is 12.6. The number of amides is 2. The van der Waals surface area contributed by atoms with Crippen LogP contribution < -0.4 is 15.0 Å². The minimum Gasteiger partial charge on any atom is -0.492 e. The number of ether oxygens (including phenoxy) is 1. The summed E-state index contributed by atoms with van der Waals surface area (Å²) in [6, 6.07) is 13.5. The van der Waals surface area contributed by atoms with E-state index in [1.54, 1.807) is 6.07 Å². The van der Waals surface area contributed by atoms with Crippen molar-refractivity contribution in [2.45, 2.75) is 13.8 Å². The fraction of sp³-hybridized carbons (Fsp3) is 0.350. The summed E-state index contributed by atoms with van der Waals surface area (Å²) >= 11 is 6.13. The first kappa shape index (κ1) is 18.4. The molecule has 5 nitrogen and oxygen atoms in total. The van der Waals surface area contributed by atoms with E-state index >= 15 is 0 Å². The molecule has 1 saturated heterocycles. The molecule has 26 heavy (non-hydrogen) atoms. The van der Waals surface area contributed by atoms with Gasteiger partial charge in [0.2, 0.25) is 0 Å². The number of hydrogen-bond donors (Lipinski definition) is 1. The van der Waals surface area contributed by atoms with E-state index in [1.807, 2.05) is 49.1 Å². The van der Waals surface area contributed by atoms with Crippen LogP contribution in [0.1, 0.15) is 12.5 Å². The number of aryl methyl sites for hydroxylation is 1. The molecule has 2 aromatic rings. The summed E-state index contributed by atoms with van der Waals surface area (Å²) < 4.78 is 5.72. The number of carbonyl (C=O) groups is 1.